The predicted molar refractivity (Wildman–Crippen MR) is 114 cm³/mol. The van der Waals surface area contributed by atoms with Crippen LogP contribution in [0.4, 0.5) is 10.1 Å². The van der Waals surface area contributed by atoms with Crippen LogP contribution in [-0.2, 0) is 14.3 Å². The van der Waals surface area contributed by atoms with Crippen LogP contribution in [0.5, 0.6) is 5.75 Å². The molecule has 1 aliphatic heterocycles. The van der Waals surface area contributed by atoms with Crippen molar-refractivity contribution < 1.29 is 23.5 Å². The summed E-state index contributed by atoms with van der Waals surface area (Å²) in [5.41, 5.74) is 0.614. The van der Waals surface area contributed by atoms with E-state index in [1.807, 2.05) is 0 Å². The van der Waals surface area contributed by atoms with Crippen molar-refractivity contribution in [3.63, 3.8) is 0 Å². The summed E-state index contributed by atoms with van der Waals surface area (Å²) in [4.78, 5) is 24.1. The van der Waals surface area contributed by atoms with Crippen LogP contribution >= 0.6 is 27.7 Å². The predicted octanol–water partition coefficient (Wildman–Crippen LogP) is 4.13. The number of benzene rings is 2. The van der Waals surface area contributed by atoms with E-state index in [1.165, 1.54) is 17.8 Å². The summed E-state index contributed by atoms with van der Waals surface area (Å²) in [6, 6.07) is 11.5. The largest absolute Gasteiger partial charge is 0.481 e. The first-order valence-corrected chi connectivity index (χ1v) is 10.4. The lowest BCUT2D eigenvalue weighted by Crippen LogP contribution is -2.31. The van der Waals surface area contributed by atoms with Crippen LogP contribution in [0.3, 0.4) is 0 Å². The lowest BCUT2D eigenvalue weighted by atomic mass is 10.2. The molecule has 0 radical (unpaired) electrons. The van der Waals surface area contributed by atoms with Gasteiger partial charge in [-0.05, 0) is 58.8 Å². The molecule has 0 spiro atoms. The zero-order valence-electron chi connectivity index (χ0n) is 15.4. The zero-order chi connectivity index (χ0) is 20.8. The number of hydrogen-bond acceptors (Lipinski definition) is 6. The molecule has 0 bridgehead atoms. The van der Waals surface area contributed by atoms with Gasteiger partial charge in [-0.25, -0.2) is 9.18 Å². The van der Waals surface area contributed by atoms with Gasteiger partial charge in [-0.15, -0.1) is 0 Å². The summed E-state index contributed by atoms with van der Waals surface area (Å²) in [5, 5.41) is 5.72. The molecule has 29 heavy (non-hydrogen) atoms. The van der Waals surface area contributed by atoms with Gasteiger partial charge in [-0.3, -0.25) is 4.79 Å². The highest BCUT2D eigenvalue weighted by Crippen LogP contribution is 2.32. The molecule has 1 aliphatic rings. The number of para-hydroxylation sites is 1. The minimum absolute atomic E-state index is 0.186. The molecular formula is C20H18BrFN2O4S. The van der Waals surface area contributed by atoms with Crippen molar-refractivity contribution in [1.29, 1.82) is 0 Å². The van der Waals surface area contributed by atoms with Crippen LogP contribution in [-0.4, -0.2) is 30.6 Å². The van der Waals surface area contributed by atoms with Gasteiger partial charge < -0.3 is 20.1 Å². The highest BCUT2D eigenvalue weighted by atomic mass is 79.9. The number of carbonyl (C=O) groups is 2. The Labute approximate surface area is 180 Å². The minimum atomic E-state index is -0.471. The number of carbonyl (C=O) groups excluding carboxylic acids is 2. The van der Waals surface area contributed by atoms with Gasteiger partial charge in [0.25, 0.3) is 5.91 Å². The molecule has 1 atom stereocenters. The third kappa shape index (κ3) is 5.74. The van der Waals surface area contributed by atoms with E-state index in [-0.39, 0.29) is 18.3 Å². The monoisotopic (exact) mass is 480 g/mol. The summed E-state index contributed by atoms with van der Waals surface area (Å²) in [5.74, 6) is -0.592. The van der Waals surface area contributed by atoms with Crippen molar-refractivity contribution >= 4 is 51.3 Å². The SMILES string of the molecule is CCOC(=O)COc1ccc(/C=C2\SC(Nc3ccccc3F)NC2=O)cc1Br. The number of rotatable bonds is 7. The molecule has 2 N–H and O–H groups in total. The number of nitrogens with one attached hydrogen (secondary N) is 2. The summed E-state index contributed by atoms with van der Waals surface area (Å²) in [6.07, 6.45) is 1.73. The third-order valence-electron chi connectivity index (χ3n) is 3.80. The maximum atomic E-state index is 13.8. The van der Waals surface area contributed by atoms with Crippen LogP contribution in [0.1, 0.15) is 12.5 Å². The van der Waals surface area contributed by atoms with Crippen molar-refractivity contribution in [3.05, 3.63) is 63.2 Å². The van der Waals surface area contributed by atoms with Gasteiger partial charge in [-0.1, -0.05) is 30.0 Å². The average molecular weight is 481 g/mol. The first kappa shape index (κ1) is 21.2. The van der Waals surface area contributed by atoms with Crippen molar-refractivity contribution in [3.8, 4) is 5.75 Å². The maximum Gasteiger partial charge on any atom is 0.344 e. The van der Waals surface area contributed by atoms with Crippen LogP contribution < -0.4 is 15.4 Å². The standard InChI is InChI=1S/C20H18BrFN2O4S/c1-2-27-18(25)11-28-16-8-7-12(9-13(16)21)10-17-19(26)24-20(29-17)23-15-6-4-3-5-14(15)22/h3-10,20,23H,2,11H2,1H3,(H,24,26)/b17-10-. The van der Waals surface area contributed by atoms with Crippen molar-refractivity contribution in [2.24, 2.45) is 0 Å². The van der Waals surface area contributed by atoms with Gasteiger partial charge in [0.05, 0.1) is 21.7 Å². The molecule has 9 heteroatoms. The van der Waals surface area contributed by atoms with Crippen LogP contribution in [0, 0.1) is 5.82 Å². The van der Waals surface area contributed by atoms with E-state index < -0.39 is 11.5 Å². The molecule has 1 heterocycles. The summed E-state index contributed by atoms with van der Waals surface area (Å²) >= 11 is 4.66. The number of esters is 1. The van der Waals surface area contributed by atoms with Gasteiger partial charge >= 0.3 is 5.97 Å². The molecule has 1 unspecified atom stereocenters. The second kappa shape index (κ2) is 9.80. The maximum absolute atomic E-state index is 13.8. The molecule has 2 aromatic rings. The lowest BCUT2D eigenvalue weighted by molar-refractivity contribution is -0.145. The van der Waals surface area contributed by atoms with Crippen molar-refractivity contribution in [2.75, 3.05) is 18.5 Å². The highest BCUT2D eigenvalue weighted by molar-refractivity contribution is 9.10. The fraction of sp³-hybridized carbons (Fsp3) is 0.200. The van der Waals surface area contributed by atoms with Crippen LogP contribution in [0.2, 0.25) is 0 Å². The Balaban J connectivity index is 1.65. The Morgan fingerprint density at radius 3 is 2.86 bits per heavy atom. The topological polar surface area (TPSA) is 76.7 Å². The molecule has 152 valence electrons. The molecule has 1 saturated heterocycles. The van der Waals surface area contributed by atoms with Crippen molar-refractivity contribution in [1.82, 2.24) is 5.32 Å². The zero-order valence-corrected chi connectivity index (χ0v) is 17.8. The summed E-state index contributed by atoms with van der Waals surface area (Å²) in [6.45, 7) is 1.83. The second-order valence-corrected chi connectivity index (χ2v) is 7.89. The summed E-state index contributed by atoms with van der Waals surface area (Å²) in [7, 11) is 0. The minimum Gasteiger partial charge on any atom is -0.481 e. The average Bonchev–Trinajstić information content (AvgIpc) is 3.02. The van der Waals surface area contributed by atoms with E-state index in [2.05, 4.69) is 26.6 Å². The van der Waals surface area contributed by atoms with Crippen LogP contribution in [0.15, 0.2) is 51.8 Å². The molecule has 1 fully saturated rings. The fourth-order valence-corrected chi connectivity index (χ4v) is 3.99. The summed E-state index contributed by atoms with van der Waals surface area (Å²) < 4.78 is 24.7. The Kier molecular flexibility index (Phi) is 7.16. The lowest BCUT2D eigenvalue weighted by Gasteiger charge is -2.13. The Hall–Kier alpha value is -2.52. The molecule has 3 rings (SSSR count). The molecular weight excluding hydrogens is 463 g/mol. The first-order valence-electron chi connectivity index (χ1n) is 8.74. The second-order valence-electron chi connectivity index (χ2n) is 5.89. The van der Waals surface area contributed by atoms with Gasteiger partial charge in [0.1, 0.15) is 11.6 Å². The van der Waals surface area contributed by atoms with E-state index in [9.17, 15) is 14.0 Å². The van der Waals surface area contributed by atoms with Gasteiger partial charge in [-0.2, -0.15) is 0 Å². The molecule has 1 amide bonds. The van der Waals surface area contributed by atoms with Gasteiger partial charge in [0, 0.05) is 0 Å². The molecule has 0 saturated carbocycles. The van der Waals surface area contributed by atoms with E-state index >= 15 is 0 Å². The number of hydrogen-bond donors (Lipinski definition) is 2. The van der Waals surface area contributed by atoms with Crippen molar-refractivity contribution in [2.45, 2.75) is 12.4 Å². The van der Waals surface area contributed by atoms with E-state index in [0.717, 1.165) is 5.56 Å². The third-order valence-corrected chi connectivity index (χ3v) is 5.44. The smallest absolute Gasteiger partial charge is 0.344 e. The van der Waals surface area contributed by atoms with E-state index in [4.69, 9.17) is 9.47 Å². The van der Waals surface area contributed by atoms with E-state index in [0.29, 0.717) is 27.4 Å². The Morgan fingerprint density at radius 2 is 2.14 bits per heavy atom. The number of ether oxygens (including phenoxy) is 2. The number of halogens is 2. The fourth-order valence-electron chi connectivity index (χ4n) is 2.50. The molecule has 0 aliphatic carbocycles. The van der Waals surface area contributed by atoms with Gasteiger partial charge in [0.15, 0.2) is 12.1 Å². The normalized spacial score (nSPS) is 17.1. The number of anilines is 1. The molecule has 2 aromatic carbocycles. The number of amides is 1. The Morgan fingerprint density at radius 1 is 1.34 bits per heavy atom. The first-order chi connectivity index (χ1) is 14.0. The van der Waals surface area contributed by atoms with Gasteiger partial charge in [0.2, 0.25) is 0 Å². The quantitative estimate of drug-likeness (QED) is 0.458. The van der Waals surface area contributed by atoms with Crippen LogP contribution in [0.25, 0.3) is 6.08 Å². The number of thioether (sulfide) groups is 1. The molecule has 0 aromatic heterocycles. The highest BCUT2D eigenvalue weighted by Gasteiger charge is 2.27. The van der Waals surface area contributed by atoms with E-state index in [1.54, 1.807) is 49.4 Å². The Bertz CT molecular complexity index is 954. The molecule has 6 nitrogen and oxygen atoms in total.